The zero-order valence-corrected chi connectivity index (χ0v) is 26.7. The lowest BCUT2D eigenvalue weighted by Gasteiger charge is -2.32. The van der Waals surface area contributed by atoms with Crippen LogP contribution in [-0.2, 0) is 29.5 Å². The molecule has 4 saturated heterocycles. The standard InChI is InChI=1S/2C13H13F3N2O5S/c2*1-7-12(2)11(23-12)10(13(14,15)16)17(7)24(21,22)9-5-3-8(4-6-9)18(19)20/h2*3-7,10-11H,1-2H3/t2*7-,10-,11-,12+/m11/s1. The molecular weight excluding hydrogens is 706 g/mol. The third kappa shape index (κ3) is 5.60. The largest absolute Gasteiger partial charge is 0.407 e. The van der Waals surface area contributed by atoms with Crippen molar-refractivity contribution in [3.05, 3.63) is 68.8 Å². The van der Waals surface area contributed by atoms with Gasteiger partial charge in [0.25, 0.3) is 11.4 Å². The van der Waals surface area contributed by atoms with Crippen molar-refractivity contribution in [2.75, 3.05) is 0 Å². The molecule has 8 atom stereocenters. The van der Waals surface area contributed by atoms with Crippen LogP contribution in [0.4, 0.5) is 37.7 Å². The maximum Gasteiger partial charge on any atom is 0.407 e. The molecule has 0 bridgehead atoms. The van der Waals surface area contributed by atoms with E-state index in [1.807, 2.05) is 0 Å². The summed E-state index contributed by atoms with van der Waals surface area (Å²) >= 11 is 0. The van der Waals surface area contributed by atoms with E-state index >= 15 is 0 Å². The highest BCUT2D eigenvalue weighted by Gasteiger charge is 2.78. The van der Waals surface area contributed by atoms with Crippen LogP contribution in [0.15, 0.2) is 58.3 Å². The van der Waals surface area contributed by atoms with Gasteiger partial charge in [0.1, 0.15) is 23.4 Å². The number of hydrogen-bond donors (Lipinski definition) is 0. The first-order valence-corrected chi connectivity index (χ1v) is 16.7. The van der Waals surface area contributed by atoms with Gasteiger partial charge in [0.15, 0.2) is 12.1 Å². The maximum absolute atomic E-state index is 13.4. The SMILES string of the molecule is C[C@H]1N(S(=O)(=O)c2ccc([N+](=O)[O-])cc2)[C@@H](C(F)(F)F)[C@H]2O[C@]21C.C[C@H]1N(S(=O)(=O)c2ccc([N+](=O)[O-])cc2)[C@@H](C(F)(F)F)[C@H]2O[C@]21C. The smallest absolute Gasteiger partial charge is 0.362 e. The fraction of sp³-hybridized carbons (Fsp3) is 0.538. The molecule has 0 radical (unpaired) electrons. The van der Waals surface area contributed by atoms with E-state index in [1.54, 1.807) is 0 Å². The van der Waals surface area contributed by atoms with Crippen LogP contribution in [0.1, 0.15) is 27.7 Å². The van der Waals surface area contributed by atoms with Gasteiger partial charge in [-0.15, -0.1) is 0 Å². The fourth-order valence-corrected chi connectivity index (χ4v) is 9.99. The quantitative estimate of drug-likeness (QED) is 0.181. The van der Waals surface area contributed by atoms with E-state index in [-0.39, 0.29) is 11.4 Å². The van der Waals surface area contributed by atoms with Crippen LogP contribution in [-0.4, -0.2) is 95.2 Å². The van der Waals surface area contributed by atoms with Gasteiger partial charge in [-0.2, -0.15) is 35.0 Å². The van der Waals surface area contributed by atoms with Crippen LogP contribution < -0.4 is 0 Å². The van der Waals surface area contributed by atoms with E-state index in [2.05, 4.69) is 0 Å². The van der Waals surface area contributed by atoms with Gasteiger partial charge in [-0.05, 0) is 52.0 Å². The third-order valence-electron chi connectivity index (χ3n) is 9.24. The monoisotopic (exact) mass is 732 g/mol. The van der Waals surface area contributed by atoms with Gasteiger partial charge in [-0.3, -0.25) is 20.2 Å². The van der Waals surface area contributed by atoms with Crippen molar-refractivity contribution in [2.24, 2.45) is 0 Å². The minimum atomic E-state index is -4.79. The first-order valence-electron chi connectivity index (χ1n) is 13.9. The average Bonchev–Trinajstić information content (AvgIpc) is 3.81. The Hall–Kier alpha value is -3.44. The molecule has 4 aliphatic rings. The highest BCUT2D eigenvalue weighted by atomic mass is 32.2. The number of rotatable bonds is 6. The fourth-order valence-electron chi connectivity index (χ4n) is 6.23. The number of sulfonamides is 2. The highest BCUT2D eigenvalue weighted by molar-refractivity contribution is 7.89. The van der Waals surface area contributed by atoms with Gasteiger partial charge in [-0.25, -0.2) is 16.8 Å². The Morgan fingerprint density at radius 1 is 0.646 bits per heavy atom. The van der Waals surface area contributed by atoms with Crippen molar-refractivity contribution in [1.29, 1.82) is 0 Å². The molecule has 2 aromatic carbocycles. The van der Waals surface area contributed by atoms with Crippen molar-refractivity contribution in [3.8, 4) is 0 Å². The van der Waals surface area contributed by atoms with Crippen molar-refractivity contribution < 1.29 is 62.5 Å². The van der Waals surface area contributed by atoms with E-state index in [0.29, 0.717) is 8.61 Å². The molecule has 4 fully saturated rings. The summed E-state index contributed by atoms with van der Waals surface area (Å²) in [5.74, 6) is 0. The number of nitrogens with zero attached hydrogens (tertiary/aromatic N) is 4. The highest BCUT2D eigenvalue weighted by Crippen LogP contribution is 2.58. The number of benzene rings is 2. The average molecular weight is 733 g/mol. The first kappa shape index (κ1) is 35.9. The number of nitro benzene ring substituents is 2. The molecule has 4 aliphatic heterocycles. The minimum absolute atomic E-state index is 0.353. The Kier molecular flexibility index (Phi) is 8.24. The maximum atomic E-state index is 13.4. The van der Waals surface area contributed by atoms with Crippen LogP contribution in [0.2, 0.25) is 0 Å². The third-order valence-corrected chi connectivity index (χ3v) is 13.2. The molecule has 0 N–H and O–H groups in total. The minimum Gasteiger partial charge on any atom is -0.362 e. The summed E-state index contributed by atoms with van der Waals surface area (Å²) in [6.45, 7) is 5.59. The predicted molar refractivity (Wildman–Crippen MR) is 149 cm³/mol. The Bertz CT molecular complexity index is 1730. The number of fused-ring (bicyclic) bond motifs is 2. The molecule has 48 heavy (non-hydrogen) atoms. The molecule has 2 aromatic rings. The van der Waals surface area contributed by atoms with Crippen LogP contribution in [0.5, 0.6) is 0 Å². The zero-order chi connectivity index (χ0) is 36.2. The molecule has 0 unspecified atom stereocenters. The molecule has 6 rings (SSSR count). The number of non-ortho nitro benzene ring substituents is 2. The molecule has 0 aliphatic carbocycles. The summed E-state index contributed by atoms with van der Waals surface area (Å²) in [6.07, 6.45) is -12.1. The van der Waals surface area contributed by atoms with Crippen LogP contribution in [0, 0.1) is 20.2 Å². The van der Waals surface area contributed by atoms with Crippen LogP contribution >= 0.6 is 0 Å². The van der Waals surface area contributed by atoms with Gasteiger partial charge in [0.05, 0.1) is 31.7 Å². The zero-order valence-electron chi connectivity index (χ0n) is 25.0. The number of alkyl halides is 6. The summed E-state index contributed by atoms with van der Waals surface area (Å²) in [7, 11) is -8.99. The van der Waals surface area contributed by atoms with Gasteiger partial charge in [-0.1, -0.05) is 0 Å². The Morgan fingerprint density at radius 2 is 0.917 bits per heavy atom. The van der Waals surface area contributed by atoms with E-state index < -0.39 is 99.6 Å². The van der Waals surface area contributed by atoms with E-state index in [9.17, 15) is 63.4 Å². The lowest BCUT2D eigenvalue weighted by atomic mass is 10.0. The van der Waals surface area contributed by atoms with E-state index in [1.165, 1.54) is 27.7 Å². The van der Waals surface area contributed by atoms with E-state index in [4.69, 9.17) is 9.47 Å². The van der Waals surface area contributed by atoms with Crippen LogP contribution in [0.25, 0.3) is 0 Å². The molecule has 0 saturated carbocycles. The van der Waals surface area contributed by atoms with Crippen molar-refractivity contribution in [3.63, 3.8) is 0 Å². The summed E-state index contributed by atoms with van der Waals surface area (Å²) in [4.78, 5) is 18.9. The van der Waals surface area contributed by atoms with Crippen LogP contribution in [0.3, 0.4) is 0 Å². The van der Waals surface area contributed by atoms with Crippen molar-refractivity contribution in [2.45, 2.75) is 97.4 Å². The number of hydrogen-bond acceptors (Lipinski definition) is 10. The summed E-state index contributed by atoms with van der Waals surface area (Å²) < 4.78 is 142. The van der Waals surface area contributed by atoms with Gasteiger partial charge in [0.2, 0.25) is 20.0 Å². The normalized spacial score (nSPS) is 33.3. The summed E-state index contributed by atoms with van der Waals surface area (Å²) in [5, 5.41) is 21.3. The molecule has 264 valence electrons. The van der Waals surface area contributed by atoms with Gasteiger partial charge >= 0.3 is 12.4 Å². The number of ether oxygens (including phenoxy) is 2. The molecule has 0 amide bonds. The molecule has 4 heterocycles. The number of epoxide rings is 2. The molecule has 22 heteroatoms. The molecular formula is C26H26F6N4O10S2. The Labute approximate surface area is 268 Å². The Morgan fingerprint density at radius 3 is 1.15 bits per heavy atom. The number of morpholine rings is 2. The second-order valence-corrected chi connectivity index (χ2v) is 15.6. The van der Waals surface area contributed by atoms with Gasteiger partial charge in [0, 0.05) is 24.3 Å². The molecule has 0 aromatic heterocycles. The van der Waals surface area contributed by atoms with Crippen molar-refractivity contribution in [1.82, 2.24) is 8.61 Å². The molecule has 14 nitrogen and oxygen atoms in total. The lowest BCUT2D eigenvalue weighted by molar-refractivity contribution is -0.385. The van der Waals surface area contributed by atoms with Crippen molar-refractivity contribution >= 4 is 31.4 Å². The number of nitro groups is 2. The summed E-state index contributed by atoms with van der Waals surface area (Å²) in [5.41, 5.74) is -3.08. The van der Waals surface area contributed by atoms with E-state index in [0.717, 1.165) is 48.5 Å². The predicted octanol–water partition coefficient (Wildman–Crippen LogP) is 4.15. The Balaban J connectivity index is 0.000000188. The topological polar surface area (TPSA) is 186 Å². The second kappa shape index (κ2) is 11.0. The second-order valence-electron chi connectivity index (χ2n) is 11.9. The lowest BCUT2D eigenvalue weighted by Crippen LogP contribution is -2.51. The number of halogens is 6. The van der Waals surface area contributed by atoms with Gasteiger partial charge < -0.3 is 9.47 Å². The molecule has 0 spiro atoms. The first-order chi connectivity index (χ1) is 21.8. The summed E-state index contributed by atoms with van der Waals surface area (Å²) in [6, 6.07) is 0.886.